The Morgan fingerprint density at radius 2 is 0.941 bits per heavy atom. The van der Waals surface area contributed by atoms with Crippen molar-refractivity contribution in [3.63, 3.8) is 0 Å². The van der Waals surface area contributed by atoms with E-state index in [-0.39, 0.29) is 23.5 Å². The molecule has 4 nitrogen and oxygen atoms in total. The van der Waals surface area contributed by atoms with Crippen molar-refractivity contribution in [2.75, 3.05) is 0 Å². The van der Waals surface area contributed by atoms with Gasteiger partial charge in [-0.25, -0.2) is 15.0 Å². The van der Waals surface area contributed by atoms with Gasteiger partial charge in [0, 0.05) is 73.5 Å². The molecule has 0 saturated carbocycles. The molecule has 6 heteroatoms. The first-order valence-electron chi connectivity index (χ1n) is 19.0. The number of hydrogen-bond acceptors (Lipinski definition) is 5. The molecule has 11 aromatic rings. The van der Waals surface area contributed by atoms with Crippen molar-refractivity contribution < 1.29 is 6.85 Å². The quantitative estimate of drug-likeness (QED) is 0.184. The SMILES string of the molecule is [2H]c1c([2H])c([2H])c(-c2nc(-c3ccc4c(c3)sc3ccccc34)nc(-c3ccc4sc5ccc(-n6c7ccccc7c7ccccc76)cc5c4c3)n2)c([2H])c1[2H]. The van der Waals surface area contributed by atoms with Crippen molar-refractivity contribution in [2.45, 2.75) is 0 Å². The fourth-order valence-corrected chi connectivity index (χ4v) is 9.43. The van der Waals surface area contributed by atoms with Gasteiger partial charge in [0.25, 0.3) is 0 Å². The van der Waals surface area contributed by atoms with Crippen molar-refractivity contribution in [1.82, 2.24) is 19.5 Å². The summed E-state index contributed by atoms with van der Waals surface area (Å²) in [6.45, 7) is 0. The Balaban J connectivity index is 1.12. The van der Waals surface area contributed by atoms with Gasteiger partial charge in [-0.05, 0) is 60.7 Å². The number of thiophene rings is 2. The van der Waals surface area contributed by atoms with Crippen LogP contribution in [0, 0.1) is 0 Å². The summed E-state index contributed by atoms with van der Waals surface area (Å²) < 4.78 is 49.4. The molecule has 0 unspecified atom stereocenters. The smallest absolute Gasteiger partial charge is 0.164 e. The summed E-state index contributed by atoms with van der Waals surface area (Å²) in [5.41, 5.74) is 4.73. The summed E-state index contributed by atoms with van der Waals surface area (Å²) in [4.78, 5) is 14.6. The van der Waals surface area contributed by atoms with Crippen molar-refractivity contribution in [1.29, 1.82) is 0 Å². The zero-order chi connectivity index (χ0) is 37.8. The molecule has 7 aromatic carbocycles. The lowest BCUT2D eigenvalue weighted by molar-refractivity contribution is 1.08. The van der Waals surface area contributed by atoms with Gasteiger partial charge in [0.2, 0.25) is 0 Å². The molecule has 0 bridgehead atoms. The van der Waals surface area contributed by atoms with Crippen LogP contribution in [0.25, 0.3) is 102 Å². The molecule has 0 spiro atoms. The molecule has 11 rings (SSSR count). The van der Waals surface area contributed by atoms with E-state index in [2.05, 4.69) is 108 Å². The molecule has 238 valence electrons. The van der Waals surface area contributed by atoms with E-state index in [1.54, 1.807) is 22.7 Å². The summed E-state index contributed by atoms with van der Waals surface area (Å²) in [7, 11) is 0. The van der Waals surface area contributed by atoms with Crippen molar-refractivity contribution in [3.8, 4) is 39.9 Å². The van der Waals surface area contributed by atoms with Gasteiger partial charge in [0.05, 0.1) is 17.9 Å². The third kappa shape index (κ3) is 4.54. The van der Waals surface area contributed by atoms with E-state index >= 15 is 0 Å². The third-order valence-electron chi connectivity index (χ3n) is 9.55. The molecule has 0 fully saturated rings. The second-order valence-electron chi connectivity index (χ2n) is 12.5. The van der Waals surface area contributed by atoms with Gasteiger partial charge in [0.1, 0.15) is 0 Å². The van der Waals surface area contributed by atoms with Crippen LogP contribution in [-0.4, -0.2) is 19.5 Å². The van der Waals surface area contributed by atoms with E-state index in [4.69, 9.17) is 21.8 Å². The van der Waals surface area contributed by atoms with Crippen LogP contribution in [-0.2, 0) is 0 Å². The Hall–Kier alpha value is -6.21. The lowest BCUT2D eigenvalue weighted by Crippen LogP contribution is -2.00. The second kappa shape index (κ2) is 11.2. The normalized spacial score (nSPS) is 13.3. The van der Waals surface area contributed by atoms with Crippen LogP contribution in [0.15, 0.2) is 158 Å². The molecular formula is C45H26N4S2. The lowest BCUT2D eigenvalue weighted by atomic mass is 10.1. The average molecular weight is 692 g/mol. The first-order valence-corrected chi connectivity index (χ1v) is 18.2. The molecule has 0 N–H and O–H groups in total. The zero-order valence-electron chi connectivity index (χ0n) is 31.7. The molecule has 4 heterocycles. The van der Waals surface area contributed by atoms with E-state index in [1.165, 1.54) is 20.9 Å². The molecular weight excluding hydrogens is 661 g/mol. The maximum atomic E-state index is 8.78. The minimum Gasteiger partial charge on any atom is -0.309 e. The van der Waals surface area contributed by atoms with Crippen LogP contribution >= 0.6 is 22.7 Å². The summed E-state index contributed by atoms with van der Waals surface area (Å²) in [5.74, 6) is 0.704. The zero-order valence-corrected chi connectivity index (χ0v) is 28.4. The summed E-state index contributed by atoms with van der Waals surface area (Å²) in [6.07, 6.45) is 0. The molecule has 0 saturated heterocycles. The predicted molar refractivity (Wildman–Crippen MR) is 216 cm³/mol. The van der Waals surface area contributed by atoms with Gasteiger partial charge in [0.15, 0.2) is 17.5 Å². The monoisotopic (exact) mass is 691 g/mol. The largest absolute Gasteiger partial charge is 0.309 e. The number of fused-ring (bicyclic) bond motifs is 9. The highest BCUT2D eigenvalue weighted by Gasteiger charge is 2.17. The molecule has 0 amide bonds. The van der Waals surface area contributed by atoms with E-state index < -0.39 is 18.1 Å². The van der Waals surface area contributed by atoms with Gasteiger partial charge in [-0.3, -0.25) is 0 Å². The van der Waals surface area contributed by atoms with Crippen LogP contribution < -0.4 is 0 Å². The minimum absolute atomic E-state index is 0.0161. The van der Waals surface area contributed by atoms with Gasteiger partial charge in [-0.1, -0.05) is 96.9 Å². The fourth-order valence-electron chi connectivity index (χ4n) is 7.22. The molecule has 4 aromatic heterocycles. The van der Waals surface area contributed by atoms with Crippen LogP contribution in [0.4, 0.5) is 0 Å². The molecule has 0 aliphatic rings. The van der Waals surface area contributed by atoms with Crippen molar-refractivity contribution in [2.24, 2.45) is 0 Å². The molecule has 0 aliphatic carbocycles. The number of nitrogens with zero attached hydrogens (tertiary/aromatic N) is 4. The van der Waals surface area contributed by atoms with E-state index in [0.717, 1.165) is 58.1 Å². The van der Waals surface area contributed by atoms with Crippen LogP contribution in [0.5, 0.6) is 0 Å². The lowest BCUT2D eigenvalue weighted by Gasteiger charge is -2.09. The highest BCUT2D eigenvalue weighted by atomic mass is 32.1. The first-order chi connectivity index (χ1) is 27.3. The maximum absolute atomic E-state index is 8.78. The van der Waals surface area contributed by atoms with Gasteiger partial charge >= 0.3 is 0 Å². The van der Waals surface area contributed by atoms with Crippen LogP contribution in [0.1, 0.15) is 6.85 Å². The average Bonchev–Trinajstić information content (AvgIpc) is 3.91. The van der Waals surface area contributed by atoms with Crippen LogP contribution in [0.3, 0.4) is 0 Å². The summed E-state index contributed by atoms with van der Waals surface area (Å²) in [6, 6.07) is 42.0. The van der Waals surface area contributed by atoms with Crippen molar-refractivity contribution in [3.05, 3.63) is 158 Å². The molecule has 0 radical (unpaired) electrons. The topological polar surface area (TPSA) is 43.6 Å². The maximum Gasteiger partial charge on any atom is 0.164 e. The molecule has 51 heavy (non-hydrogen) atoms. The molecule has 0 atom stereocenters. The number of aromatic nitrogens is 4. The fraction of sp³-hybridized carbons (Fsp3) is 0. The second-order valence-corrected chi connectivity index (χ2v) is 14.6. The Bertz CT molecular complexity index is 3380. The summed E-state index contributed by atoms with van der Waals surface area (Å²) >= 11 is 3.40. The highest BCUT2D eigenvalue weighted by molar-refractivity contribution is 7.26. The van der Waals surface area contributed by atoms with Crippen LogP contribution in [0.2, 0.25) is 0 Å². The number of benzene rings is 7. The van der Waals surface area contributed by atoms with Gasteiger partial charge in [-0.2, -0.15) is 0 Å². The Kier molecular flexibility index (Phi) is 5.25. The van der Waals surface area contributed by atoms with E-state index in [1.807, 2.05) is 24.3 Å². The van der Waals surface area contributed by atoms with Gasteiger partial charge < -0.3 is 4.57 Å². The third-order valence-corrected chi connectivity index (χ3v) is 11.8. The molecule has 0 aliphatic heterocycles. The van der Waals surface area contributed by atoms with E-state index in [9.17, 15) is 0 Å². The Morgan fingerprint density at radius 3 is 1.69 bits per heavy atom. The first kappa shape index (κ1) is 24.0. The summed E-state index contributed by atoms with van der Waals surface area (Å²) in [5, 5.41) is 6.85. The van der Waals surface area contributed by atoms with Crippen molar-refractivity contribution >= 4 is 84.8 Å². The number of hydrogen-bond donors (Lipinski definition) is 0. The highest BCUT2D eigenvalue weighted by Crippen LogP contribution is 2.40. The minimum atomic E-state index is -0.469. The number of rotatable bonds is 4. The number of para-hydroxylation sites is 2. The Labute approximate surface area is 307 Å². The van der Waals surface area contributed by atoms with Gasteiger partial charge in [-0.15, -0.1) is 22.7 Å². The predicted octanol–water partition coefficient (Wildman–Crippen LogP) is 12.7. The van der Waals surface area contributed by atoms with E-state index in [0.29, 0.717) is 11.6 Å². The Morgan fingerprint density at radius 1 is 0.412 bits per heavy atom. The standard InChI is InChI=1S/C45H26N4S2/c1-2-10-27(11-3-1)43-46-44(48-45(47-43)29-18-21-34-33-14-6-9-17-39(33)51-42(34)25-29)28-19-22-40-35(24-28)36-26-30(20-23-41(36)50-40)49-37-15-7-4-12-31(37)32-13-5-8-16-38(32)49/h1-26H/i1D,2D,3D,10D,11D.